The van der Waals surface area contributed by atoms with Gasteiger partial charge in [0.25, 0.3) is 0 Å². The highest BCUT2D eigenvalue weighted by molar-refractivity contribution is 5.50. The van der Waals surface area contributed by atoms with Crippen LogP contribution in [-0.4, -0.2) is 58.4 Å². The van der Waals surface area contributed by atoms with Crippen molar-refractivity contribution >= 4 is 11.6 Å². The van der Waals surface area contributed by atoms with Gasteiger partial charge in [0.05, 0.1) is 6.10 Å². The molecule has 1 fully saturated rings. The van der Waals surface area contributed by atoms with Gasteiger partial charge < -0.3 is 20.6 Å². The highest BCUT2D eigenvalue weighted by Crippen LogP contribution is 2.25. The maximum atomic E-state index is 10.2. The van der Waals surface area contributed by atoms with Crippen molar-refractivity contribution in [2.75, 3.05) is 30.4 Å². The summed E-state index contributed by atoms with van der Waals surface area (Å²) in [5, 5.41) is 17.0. The van der Waals surface area contributed by atoms with E-state index < -0.39 is 0 Å². The largest absolute Gasteiger partial charge is 0.391 e. The molecule has 27 heavy (non-hydrogen) atoms. The van der Waals surface area contributed by atoms with Gasteiger partial charge in [-0.15, -0.1) is 0 Å². The van der Waals surface area contributed by atoms with E-state index in [-0.39, 0.29) is 12.1 Å². The summed E-state index contributed by atoms with van der Waals surface area (Å²) in [4.78, 5) is 15.4. The Labute approximate surface area is 160 Å². The van der Waals surface area contributed by atoms with Gasteiger partial charge >= 0.3 is 0 Å². The summed E-state index contributed by atoms with van der Waals surface area (Å²) in [6.07, 6.45) is 8.27. The number of hydrogen-bond acceptors (Lipinski definition) is 7. The molecule has 2 aromatic rings. The lowest BCUT2D eigenvalue weighted by atomic mass is 10.1. The lowest BCUT2D eigenvalue weighted by molar-refractivity contribution is 0.193. The molecule has 0 saturated carbocycles. The Balaban J connectivity index is 1.38. The number of anilines is 2. The molecule has 0 aromatic carbocycles. The predicted molar refractivity (Wildman–Crippen MR) is 106 cm³/mol. The standard InChI is InChI=1S/C20H28N6O/c1-21-19-10-20(25-13-24-19)26-12-17(27)9-16(26)11-23-15-5-4-14-3-2-8-22-18(14)7-6-15/h2-3,8,10,13,15-17,23,27H,4-7,9,11-12H2,1H3,(H,21,24,25)/t15?,16-,17-/m1/s1. The number of aliphatic hydroxyl groups excluding tert-OH is 1. The zero-order chi connectivity index (χ0) is 18.6. The summed E-state index contributed by atoms with van der Waals surface area (Å²) in [5.41, 5.74) is 2.64. The second-order valence-corrected chi connectivity index (χ2v) is 7.50. The van der Waals surface area contributed by atoms with E-state index in [0.29, 0.717) is 12.6 Å². The lowest BCUT2D eigenvalue weighted by Crippen LogP contribution is -2.42. The third kappa shape index (κ3) is 4.20. The first-order chi connectivity index (χ1) is 13.2. The summed E-state index contributed by atoms with van der Waals surface area (Å²) < 4.78 is 0. The number of aryl methyl sites for hydroxylation is 2. The van der Waals surface area contributed by atoms with Crippen molar-refractivity contribution in [3.8, 4) is 0 Å². The number of nitrogens with zero attached hydrogens (tertiary/aromatic N) is 4. The Morgan fingerprint density at radius 3 is 3.00 bits per heavy atom. The van der Waals surface area contributed by atoms with Crippen LogP contribution in [0.1, 0.15) is 30.5 Å². The summed E-state index contributed by atoms with van der Waals surface area (Å²) >= 11 is 0. The molecule has 1 unspecified atom stereocenters. The molecule has 2 aliphatic rings. The number of rotatable bonds is 5. The Hall–Kier alpha value is -2.25. The van der Waals surface area contributed by atoms with E-state index in [2.05, 4.69) is 36.6 Å². The zero-order valence-corrected chi connectivity index (χ0v) is 15.8. The van der Waals surface area contributed by atoms with Gasteiger partial charge in [0.1, 0.15) is 18.0 Å². The quantitative estimate of drug-likeness (QED) is 0.688. The third-order valence-electron chi connectivity index (χ3n) is 5.71. The molecule has 1 aliphatic carbocycles. The minimum atomic E-state index is -0.313. The van der Waals surface area contributed by atoms with Gasteiger partial charge in [-0.25, -0.2) is 9.97 Å². The van der Waals surface area contributed by atoms with Crippen LogP contribution in [0.3, 0.4) is 0 Å². The number of fused-ring (bicyclic) bond motifs is 1. The average molecular weight is 368 g/mol. The van der Waals surface area contributed by atoms with Crippen molar-refractivity contribution in [2.24, 2.45) is 0 Å². The van der Waals surface area contributed by atoms with Crippen molar-refractivity contribution in [1.82, 2.24) is 20.3 Å². The Kier molecular flexibility index (Phi) is 5.50. The molecule has 0 bridgehead atoms. The molecule has 144 valence electrons. The topological polar surface area (TPSA) is 86.2 Å². The summed E-state index contributed by atoms with van der Waals surface area (Å²) in [6, 6.07) is 6.90. The van der Waals surface area contributed by atoms with Crippen LogP contribution < -0.4 is 15.5 Å². The fourth-order valence-corrected chi connectivity index (χ4v) is 4.22. The van der Waals surface area contributed by atoms with Crippen LogP contribution in [0, 0.1) is 0 Å². The van der Waals surface area contributed by atoms with Crippen LogP contribution in [0.15, 0.2) is 30.7 Å². The molecule has 2 aromatic heterocycles. The van der Waals surface area contributed by atoms with Gasteiger partial charge in [-0.3, -0.25) is 4.98 Å². The summed E-state index contributed by atoms with van der Waals surface area (Å²) in [7, 11) is 1.85. The fourth-order valence-electron chi connectivity index (χ4n) is 4.22. The number of β-amino-alcohol motifs (C(OH)–C–C–N with tert-alkyl or cyclic N) is 1. The Morgan fingerprint density at radius 1 is 1.22 bits per heavy atom. The monoisotopic (exact) mass is 368 g/mol. The second-order valence-electron chi connectivity index (χ2n) is 7.50. The molecule has 0 radical (unpaired) electrons. The van der Waals surface area contributed by atoms with E-state index in [9.17, 15) is 5.11 Å². The first-order valence-corrected chi connectivity index (χ1v) is 9.83. The number of pyridine rings is 1. The molecule has 0 spiro atoms. The van der Waals surface area contributed by atoms with Crippen LogP contribution in [-0.2, 0) is 12.8 Å². The Morgan fingerprint density at radius 2 is 2.11 bits per heavy atom. The van der Waals surface area contributed by atoms with Crippen LogP contribution >= 0.6 is 0 Å². The van der Waals surface area contributed by atoms with Crippen molar-refractivity contribution in [3.63, 3.8) is 0 Å². The highest BCUT2D eigenvalue weighted by Gasteiger charge is 2.32. The molecule has 3 heterocycles. The highest BCUT2D eigenvalue weighted by atomic mass is 16.3. The van der Waals surface area contributed by atoms with Crippen molar-refractivity contribution in [3.05, 3.63) is 42.0 Å². The minimum absolute atomic E-state index is 0.239. The van der Waals surface area contributed by atoms with E-state index in [4.69, 9.17) is 0 Å². The summed E-state index contributed by atoms with van der Waals surface area (Å²) in [6.45, 7) is 1.47. The zero-order valence-electron chi connectivity index (χ0n) is 15.8. The lowest BCUT2D eigenvalue weighted by Gasteiger charge is -2.27. The van der Waals surface area contributed by atoms with Crippen molar-refractivity contribution in [2.45, 2.75) is 50.3 Å². The van der Waals surface area contributed by atoms with Crippen LogP contribution in [0.25, 0.3) is 0 Å². The van der Waals surface area contributed by atoms with E-state index in [1.54, 1.807) is 6.33 Å². The first kappa shape index (κ1) is 18.1. The predicted octanol–water partition coefficient (Wildman–Crippen LogP) is 1.39. The van der Waals surface area contributed by atoms with Gasteiger partial charge in [0, 0.05) is 50.2 Å². The molecular weight excluding hydrogens is 340 g/mol. The van der Waals surface area contributed by atoms with E-state index in [0.717, 1.165) is 50.3 Å². The van der Waals surface area contributed by atoms with Gasteiger partial charge in [0.2, 0.25) is 0 Å². The normalized spacial score (nSPS) is 25.1. The summed E-state index contributed by atoms with van der Waals surface area (Å²) in [5.74, 6) is 1.66. The Bertz CT molecular complexity index is 743. The van der Waals surface area contributed by atoms with E-state index in [1.807, 2.05) is 25.4 Å². The number of aromatic nitrogens is 3. The molecule has 7 nitrogen and oxygen atoms in total. The SMILES string of the molecule is CNc1cc(N2C[C@H](O)C[C@@H]2CNC2CCc3cccnc3CC2)ncn1. The maximum absolute atomic E-state index is 10.2. The number of nitrogens with one attached hydrogen (secondary N) is 2. The molecule has 3 N–H and O–H groups in total. The van der Waals surface area contributed by atoms with Gasteiger partial charge in [-0.1, -0.05) is 6.07 Å². The molecular formula is C20H28N6O. The van der Waals surface area contributed by atoms with Gasteiger partial charge in [-0.05, 0) is 43.7 Å². The second kappa shape index (κ2) is 8.19. The number of aliphatic hydroxyl groups is 1. The minimum Gasteiger partial charge on any atom is -0.391 e. The van der Waals surface area contributed by atoms with Gasteiger partial charge in [0.15, 0.2) is 0 Å². The van der Waals surface area contributed by atoms with Crippen molar-refractivity contribution < 1.29 is 5.11 Å². The van der Waals surface area contributed by atoms with E-state index >= 15 is 0 Å². The molecule has 4 rings (SSSR count). The molecule has 1 aliphatic heterocycles. The van der Waals surface area contributed by atoms with Crippen LogP contribution in [0.2, 0.25) is 0 Å². The molecule has 7 heteroatoms. The third-order valence-corrected chi connectivity index (χ3v) is 5.71. The molecule has 0 amide bonds. The van der Waals surface area contributed by atoms with E-state index in [1.165, 1.54) is 11.3 Å². The molecule has 3 atom stereocenters. The maximum Gasteiger partial charge on any atom is 0.134 e. The van der Waals surface area contributed by atoms with Crippen LogP contribution in [0.5, 0.6) is 0 Å². The fraction of sp³-hybridized carbons (Fsp3) is 0.550. The first-order valence-electron chi connectivity index (χ1n) is 9.83. The average Bonchev–Trinajstić information content (AvgIpc) is 2.95. The number of hydrogen-bond donors (Lipinski definition) is 3. The smallest absolute Gasteiger partial charge is 0.134 e. The van der Waals surface area contributed by atoms with Gasteiger partial charge in [-0.2, -0.15) is 0 Å². The van der Waals surface area contributed by atoms with Crippen molar-refractivity contribution in [1.29, 1.82) is 0 Å². The van der Waals surface area contributed by atoms with Crippen LogP contribution in [0.4, 0.5) is 11.6 Å². The molecule has 1 saturated heterocycles.